The summed E-state index contributed by atoms with van der Waals surface area (Å²) in [7, 11) is 0. The lowest BCUT2D eigenvalue weighted by atomic mass is 10.1. The van der Waals surface area contributed by atoms with Crippen LogP contribution in [0.25, 0.3) is 0 Å². The van der Waals surface area contributed by atoms with Crippen LogP contribution in [0.1, 0.15) is 32.3 Å². The predicted molar refractivity (Wildman–Crippen MR) is 86.3 cm³/mol. The van der Waals surface area contributed by atoms with Gasteiger partial charge in [0.25, 0.3) is 0 Å². The number of carbonyl (C=O) groups excluding carboxylic acids is 1. The van der Waals surface area contributed by atoms with E-state index in [4.69, 9.17) is 0 Å². The minimum atomic E-state index is 0.0634. The van der Waals surface area contributed by atoms with E-state index >= 15 is 0 Å². The molecule has 0 atom stereocenters. The van der Waals surface area contributed by atoms with Gasteiger partial charge in [0, 0.05) is 31.7 Å². The fraction of sp³-hybridized carbons (Fsp3) is 0.500. The fourth-order valence-electron chi connectivity index (χ4n) is 2.18. The lowest BCUT2D eigenvalue weighted by molar-refractivity contribution is -0.116. The number of aliphatic imine (C=N–C) groups is 1. The van der Waals surface area contributed by atoms with Crippen LogP contribution in [0.15, 0.2) is 29.3 Å². The van der Waals surface area contributed by atoms with Gasteiger partial charge < -0.3 is 16.0 Å². The zero-order valence-electron chi connectivity index (χ0n) is 12.8. The van der Waals surface area contributed by atoms with Crippen LogP contribution in [0.2, 0.25) is 0 Å². The first-order valence-electron chi connectivity index (χ1n) is 7.54. The average molecular weight is 288 g/mol. The summed E-state index contributed by atoms with van der Waals surface area (Å²) in [5.41, 5.74) is 1.96. The summed E-state index contributed by atoms with van der Waals surface area (Å²) in [6, 6.07) is 7.90. The minimum Gasteiger partial charge on any atom is -0.356 e. The summed E-state index contributed by atoms with van der Waals surface area (Å²) in [6.07, 6.45) is 1.63. The minimum absolute atomic E-state index is 0.0634. The van der Waals surface area contributed by atoms with Crippen molar-refractivity contribution in [1.29, 1.82) is 0 Å². The fourth-order valence-corrected chi connectivity index (χ4v) is 2.18. The van der Waals surface area contributed by atoms with Crippen LogP contribution < -0.4 is 16.0 Å². The molecule has 0 aromatic heterocycles. The van der Waals surface area contributed by atoms with E-state index in [-0.39, 0.29) is 5.91 Å². The summed E-state index contributed by atoms with van der Waals surface area (Å²) >= 11 is 0. The second-order valence-electron chi connectivity index (χ2n) is 5.71. The zero-order chi connectivity index (χ0) is 15.1. The summed E-state index contributed by atoms with van der Waals surface area (Å²) < 4.78 is 0. The number of amides is 1. The highest BCUT2D eigenvalue weighted by atomic mass is 16.1. The van der Waals surface area contributed by atoms with Gasteiger partial charge in [-0.2, -0.15) is 0 Å². The van der Waals surface area contributed by atoms with Gasteiger partial charge in [0.15, 0.2) is 5.96 Å². The number of rotatable bonds is 5. The monoisotopic (exact) mass is 288 g/mol. The summed E-state index contributed by atoms with van der Waals surface area (Å²) in [5, 5.41) is 9.44. The van der Waals surface area contributed by atoms with Gasteiger partial charge >= 0.3 is 0 Å². The largest absolute Gasteiger partial charge is 0.356 e. The standard InChI is InChI=1S/C16H24N4O/c1-12(2)9-15(21)20-14-6-3-5-13(10-14)11-19-16-17-7-4-8-18-16/h3,5-6,10,12H,4,7-9,11H2,1-2H3,(H,20,21)(H2,17,18,19). The highest BCUT2D eigenvalue weighted by Crippen LogP contribution is 2.12. The van der Waals surface area contributed by atoms with Crippen molar-refractivity contribution in [2.24, 2.45) is 10.9 Å². The molecule has 0 saturated heterocycles. The molecule has 0 fully saturated rings. The number of nitrogens with zero attached hydrogens (tertiary/aromatic N) is 1. The Hall–Kier alpha value is -2.04. The van der Waals surface area contributed by atoms with E-state index in [2.05, 4.69) is 20.9 Å². The van der Waals surface area contributed by atoms with Crippen LogP contribution >= 0.6 is 0 Å². The zero-order valence-corrected chi connectivity index (χ0v) is 12.8. The molecule has 0 spiro atoms. The second kappa shape index (κ2) is 7.67. The molecule has 1 heterocycles. The number of nitrogens with one attached hydrogen (secondary N) is 3. The van der Waals surface area contributed by atoms with E-state index in [0.717, 1.165) is 36.7 Å². The first-order valence-corrected chi connectivity index (χ1v) is 7.54. The van der Waals surface area contributed by atoms with Crippen molar-refractivity contribution in [2.45, 2.75) is 33.2 Å². The highest BCUT2D eigenvalue weighted by molar-refractivity contribution is 5.90. The van der Waals surface area contributed by atoms with Crippen molar-refractivity contribution in [2.75, 3.05) is 18.4 Å². The van der Waals surface area contributed by atoms with E-state index in [1.165, 1.54) is 0 Å². The van der Waals surface area contributed by atoms with E-state index < -0.39 is 0 Å². The van der Waals surface area contributed by atoms with Crippen LogP contribution in [-0.2, 0) is 11.3 Å². The lowest BCUT2D eigenvalue weighted by Gasteiger charge is -2.16. The normalized spacial score (nSPS) is 14.3. The van der Waals surface area contributed by atoms with Crippen LogP contribution in [0, 0.1) is 5.92 Å². The maximum Gasteiger partial charge on any atom is 0.224 e. The van der Waals surface area contributed by atoms with Crippen molar-refractivity contribution in [3.63, 3.8) is 0 Å². The molecule has 5 nitrogen and oxygen atoms in total. The molecule has 1 aliphatic rings. The summed E-state index contributed by atoms with van der Waals surface area (Å²) in [5.74, 6) is 1.29. The van der Waals surface area contributed by atoms with Crippen LogP contribution in [0.5, 0.6) is 0 Å². The molecule has 1 aromatic rings. The van der Waals surface area contributed by atoms with Crippen LogP contribution in [-0.4, -0.2) is 25.0 Å². The first-order chi connectivity index (χ1) is 10.1. The summed E-state index contributed by atoms with van der Waals surface area (Å²) in [6.45, 7) is 6.62. The molecular formula is C16H24N4O. The molecule has 0 unspecified atom stereocenters. The maximum absolute atomic E-state index is 11.8. The van der Waals surface area contributed by atoms with E-state index in [1.807, 2.05) is 38.1 Å². The van der Waals surface area contributed by atoms with Gasteiger partial charge in [0.1, 0.15) is 0 Å². The Kier molecular flexibility index (Phi) is 5.60. The molecule has 1 aromatic carbocycles. The van der Waals surface area contributed by atoms with Crippen molar-refractivity contribution in [1.82, 2.24) is 10.6 Å². The highest BCUT2D eigenvalue weighted by Gasteiger charge is 2.06. The number of guanidine groups is 1. The molecular weight excluding hydrogens is 264 g/mol. The van der Waals surface area contributed by atoms with E-state index in [0.29, 0.717) is 18.9 Å². The van der Waals surface area contributed by atoms with Crippen LogP contribution in [0.4, 0.5) is 5.69 Å². The number of carbonyl (C=O) groups is 1. The van der Waals surface area contributed by atoms with Crippen molar-refractivity contribution in [3.05, 3.63) is 29.8 Å². The van der Waals surface area contributed by atoms with E-state index in [9.17, 15) is 4.79 Å². The Labute approximate surface area is 126 Å². The Morgan fingerprint density at radius 2 is 2.29 bits per heavy atom. The Morgan fingerprint density at radius 3 is 3.00 bits per heavy atom. The van der Waals surface area contributed by atoms with Gasteiger partial charge in [-0.15, -0.1) is 0 Å². The number of hydrogen-bond donors (Lipinski definition) is 3. The number of hydrogen-bond acceptors (Lipinski definition) is 4. The molecule has 21 heavy (non-hydrogen) atoms. The first kappa shape index (κ1) is 15.4. The average Bonchev–Trinajstić information content (AvgIpc) is 2.46. The Morgan fingerprint density at radius 1 is 1.43 bits per heavy atom. The van der Waals surface area contributed by atoms with Crippen molar-refractivity contribution in [3.8, 4) is 0 Å². The Bertz CT molecular complexity index is 511. The molecule has 1 aliphatic heterocycles. The SMILES string of the molecule is CC(C)CC(=O)Nc1cccc(CNC2=NCCCN2)c1. The summed E-state index contributed by atoms with van der Waals surface area (Å²) in [4.78, 5) is 16.2. The van der Waals surface area contributed by atoms with Gasteiger partial charge in [0.2, 0.25) is 5.91 Å². The topological polar surface area (TPSA) is 65.5 Å². The third kappa shape index (κ3) is 5.45. The lowest BCUT2D eigenvalue weighted by Crippen LogP contribution is -2.40. The number of anilines is 1. The second-order valence-corrected chi connectivity index (χ2v) is 5.71. The molecule has 0 aliphatic carbocycles. The molecule has 1 amide bonds. The van der Waals surface area contributed by atoms with Crippen LogP contribution in [0.3, 0.4) is 0 Å². The molecule has 0 saturated carbocycles. The van der Waals surface area contributed by atoms with Gasteiger partial charge in [-0.3, -0.25) is 9.79 Å². The number of benzene rings is 1. The van der Waals surface area contributed by atoms with Gasteiger partial charge in [0.05, 0.1) is 0 Å². The molecule has 0 bridgehead atoms. The third-order valence-corrected chi connectivity index (χ3v) is 3.16. The molecule has 0 radical (unpaired) electrons. The van der Waals surface area contributed by atoms with Gasteiger partial charge in [-0.05, 0) is 30.0 Å². The smallest absolute Gasteiger partial charge is 0.224 e. The van der Waals surface area contributed by atoms with Crippen molar-refractivity contribution >= 4 is 17.6 Å². The molecule has 2 rings (SSSR count). The van der Waals surface area contributed by atoms with Crippen molar-refractivity contribution < 1.29 is 4.79 Å². The van der Waals surface area contributed by atoms with Gasteiger partial charge in [-0.25, -0.2) is 0 Å². The van der Waals surface area contributed by atoms with Gasteiger partial charge in [-0.1, -0.05) is 26.0 Å². The Balaban J connectivity index is 1.88. The predicted octanol–water partition coefficient (Wildman–Crippen LogP) is 2.11. The quantitative estimate of drug-likeness (QED) is 0.777. The van der Waals surface area contributed by atoms with E-state index in [1.54, 1.807) is 0 Å². The molecule has 5 heteroatoms. The maximum atomic E-state index is 11.8. The molecule has 114 valence electrons. The third-order valence-electron chi connectivity index (χ3n) is 3.16. The molecule has 3 N–H and O–H groups in total.